The lowest BCUT2D eigenvalue weighted by atomic mass is 10.1. The average Bonchev–Trinajstić information content (AvgIpc) is 2.98. The molecule has 4 heteroatoms. The third kappa shape index (κ3) is 2.23. The molecule has 0 N–H and O–H groups in total. The maximum Gasteiger partial charge on any atom is 0.261 e. The average molecular weight is 299 g/mol. The van der Waals surface area contributed by atoms with Crippen LogP contribution in [0.1, 0.15) is 23.4 Å². The molecular weight excluding hydrogens is 286 g/mol. The van der Waals surface area contributed by atoms with Gasteiger partial charge in [0.2, 0.25) is 0 Å². The molecule has 0 atom stereocenters. The number of fused-ring (bicyclic) bond motifs is 2. The summed E-state index contributed by atoms with van der Waals surface area (Å²) in [6, 6.07) is 17.1. The van der Waals surface area contributed by atoms with Crippen molar-refractivity contribution in [3.8, 4) is 6.07 Å². The first-order chi connectivity index (χ1) is 11.3. The van der Waals surface area contributed by atoms with E-state index in [1.54, 1.807) is 22.8 Å². The molecule has 0 bridgehead atoms. The molecule has 4 rings (SSSR count). The van der Waals surface area contributed by atoms with Crippen molar-refractivity contribution in [2.45, 2.75) is 13.0 Å². The van der Waals surface area contributed by atoms with Crippen molar-refractivity contribution < 1.29 is 0 Å². The lowest BCUT2D eigenvalue weighted by Gasteiger charge is -2.05. The quantitative estimate of drug-likeness (QED) is 0.693. The summed E-state index contributed by atoms with van der Waals surface area (Å²) in [5.74, 6) is 0.710. The van der Waals surface area contributed by atoms with Gasteiger partial charge >= 0.3 is 0 Å². The lowest BCUT2D eigenvalue weighted by molar-refractivity contribution is 0.725. The van der Waals surface area contributed by atoms with E-state index in [2.05, 4.69) is 17.1 Å². The zero-order chi connectivity index (χ0) is 15.8. The highest BCUT2D eigenvalue weighted by Crippen LogP contribution is 2.27. The Hall–Kier alpha value is -3.19. The standard InChI is InChI=1S/C19H13N3O/c20-12-14-6-7-16-17(11-14)21-18-15(8-9-22(18)19(16)23)10-13-4-2-1-3-5-13/h1-7,10-11H,8-9H2/b15-10+. The summed E-state index contributed by atoms with van der Waals surface area (Å²) in [4.78, 5) is 17.3. The predicted molar refractivity (Wildman–Crippen MR) is 89.6 cm³/mol. The molecule has 3 aromatic rings. The summed E-state index contributed by atoms with van der Waals surface area (Å²) in [5, 5.41) is 9.60. The van der Waals surface area contributed by atoms with Gasteiger partial charge < -0.3 is 0 Å². The molecule has 2 aromatic carbocycles. The minimum atomic E-state index is -0.0362. The van der Waals surface area contributed by atoms with Crippen LogP contribution in [0.2, 0.25) is 0 Å². The number of aromatic nitrogens is 2. The maximum atomic E-state index is 12.6. The first-order valence-corrected chi connectivity index (χ1v) is 7.47. The zero-order valence-electron chi connectivity index (χ0n) is 12.4. The van der Waals surface area contributed by atoms with E-state index >= 15 is 0 Å². The molecule has 110 valence electrons. The van der Waals surface area contributed by atoms with E-state index in [0.29, 0.717) is 28.8 Å². The Morgan fingerprint density at radius 1 is 1.17 bits per heavy atom. The van der Waals surface area contributed by atoms with E-state index in [0.717, 1.165) is 17.6 Å². The smallest absolute Gasteiger partial charge is 0.261 e. The van der Waals surface area contributed by atoms with Crippen LogP contribution in [0.4, 0.5) is 0 Å². The fraction of sp³-hybridized carbons (Fsp3) is 0.105. The van der Waals surface area contributed by atoms with Crippen LogP contribution in [-0.4, -0.2) is 9.55 Å². The van der Waals surface area contributed by atoms with E-state index < -0.39 is 0 Å². The molecule has 23 heavy (non-hydrogen) atoms. The second-order valence-corrected chi connectivity index (χ2v) is 5.57. The summed E-state index contributed by atoms with van der Waals surface area (Å²) in [7, 11) is 0. The maximum absolute atomic E-state index is 12.6. The summed E-state index contributed by atoms with van der Waals surface area (Å²) < 4.78 is 1.73. The molecule has 2 heterocycles. The predicted octanol–water partition coefficient (Wildman–Crippen LogP) is 3.21. The number of rotatable bonds is 1. The molecule has 1 aliphatic rings. The van der Waals surface area contributed by atoms with Crippen molar-refractivity contribution in [1.82, 2.24) is 9.55 Å². The highest BCUT2D eigenvalue weighted by Gasteiger charge is 2.20. The number of hydrogen-bond donors (Lipinski definition) is 0. The second kappa shape index (κ2) is 5.22. The van der Waals surface area contributed by atoms with E-state index in [4.69, 9.17) is 5.26 Å². The largest absolute Gasteiger partial charge is 0.292 e. The van der Waals surface area contributed by atoms with Crippen molar-refractivity contribution >= 4 is 22.6 Å². The van der Waals surface area contributed by atoms with E-state index in [9.17, 15) is 4.79 Å². The van der Waals surface area contributed by atoms with Gasteiger partial charge in [0.1, 0.15) is 5.82 Å². The Kier molecular flexibility index (Phi) is 3.06. The lowest BCUT2D eigenvalue weighted by Crippen LogP contribution is -2.20. The Morgan fingerprint density at radius 3 is 2.78 bits per heavy atom. The van der Waals surface area contributed by atoms with Crippen LogP contribution in [0, 0.1) is 11.3 Å². The van der Waals surface area contributed by atoms with E-state index in [-0.39, 0.29) is 5.56 Å². The number of hydrogen-bond acceptors (Lipinski definition) is 3. The fourth-order valence-corrected chi connectivity index (χ4v) is 2.97. The van der Waals surface area contributed by atoms with Crippen LogP contribution in [0.25, 0.3) is 22.6 Å². The molecule has 0 saturated carbocycles. The van der Waals surface area contributed by atoms with Gasteiger partial charge in [-0.25, -0.2) is 4.98 Å². The SMILES string of the molecule is N#Cc1ccc2c(=O)n3c(nc2c1)/C(=C/c1ccccc1)CC3. The van der Waals surface area contributed by atoms with Crippen molar-refractivity contribution in [1.29, 1.82) is 5.26 Å². The van der Waals surface area contributed by atoms with Crippen molar-refractivity contribution in [2.24, 2.45) is 0 Å². The molecule has 1 aliphatic heterocycles. The van der Waals surface area contributed by atoms with Crippen LogP contribution >= 0.6 is 0 Å². The van der Waals surface area contributed by atoms with Crippen molar-refractivity contribution in [3.63, 3.8) is 0 Å². The second-order valence-electron chi connectivity index (χ2n) is 5.57. The van der Waals surface area contributed by atoms with Gasteiger partial charge in [0.05, 0.1) is 22.5 Å². The summed E-state index contributed by atoms with van der Waals surface area (Å²) in [5.41, 5.74) is 3.21. The van der Waals surface area contributed by atoms with Crippen molar-refractivity contribution in [2.75, 3.05) is 0 Å². The third-order valence-corrected chi connectivity index (χ3v) is 4.12. The minimum Gasteiger partial charge on any atom is -0.292 e. The van der Waals surface area contributed by atoms with Crippen LogP contribution in [0.15, 0.2) is 53.3 Å². The first kappa shape index (κ1) is 13.5. The molecule has 0 saturated heterocycles. The van der Waals surface area contributed by atoms with Gasteiger partial charge in [0, 0.05) is 6.54 Å². The normalized spacial score (nSPS) is 14.8. The first-order valence-electron chi connectivity index (χ1n) is 7.47. The number of nitriles is 1. The highest BCUT2D eigenvalue weighted by molar-refractivity contribution is 5.85. The number of allylic oxidation sites excluding steroid dienone is 1. The van der Waals surface area contributed by atoms with Gasteiger partial charge in [-0.2, -0.15) is 5.26 Å². The summed E-state index contributed by atoms with van der Waals surface area (Å²) in [6.45, 7) is 0.649. The summed E-state index contributed by atoms with van der Waals surface area (Å²) >= 11 is 0. The number of benzene rings is 2. The Bertz CT molecular complexity index is 1040. The molecule has 0 fully saturated rings. The van der Waals surface area contributed by atoms with E-state index in [1.807, 2.05) is 30.3 Å². The van der Waals surface area contributed by atoms with Gasteiger partial charge in [-0.15, -0.1) is 0 Å². The van der Waals surface area contributed by atoms with Gasteiger partial charge in [0.15, 0.2) is 0 Å². The Morgan fingerprint density at radius 2 is 2.00 bits per heavy atom. The van der Waals surface area contributed by atoms with Gasteiger partial charge in [-0.05, 0) is 41.8 Å². The molecule has 0 radical (unpaired) electrons. The Labute approximate surface area is 133 Å². The van der Waals surface area contributed by atoms with Crippen molar-refractivity contribution in [3.05, 3.63) is 75.8 Å². The van der Waals surface area contributed by atoms with Crippen LogP contribution in [0.3, 0.4) is 0 Å². The zero-order valence-corrected chi connectivity index (χ0v) is 12.4. The fourth-order valence-electron chi connectivity index (χ4n) is 2.97. The summed E-state index contributed by atoms with van der Waals surface area (Å²) in [6.07, 6.45) is 2.86. The molecule has 0 spiro atoms. The molecule has 0 amide bonds. The highest BCUT2D eigenvalue weighted by atomic mass is 16.1. The molecule has 0 unspecified atom stereocenters. The molecule has 4 nitrogen and oxygen atoms in total. The topological polar surface area (TPSA) is 58.7 Å². The van der Waals surface area contributed by atoms with Crippen LogP contribution in [-0.2, 0) is 6.54 Å². The third-order valence-electron chi connectivity index (χ3n) is 4.12. The monoisotopic (exact) mass is 299 g/mol. The minimum absolute atomic E-state index is 0.0362. The van der Waals surface area contributed by atoms with Gasteiger partial charge in [-0.3, -0.25) is 9.36 Å². The van der Waals surface area contributed by atoms with E-state index in [1.165, 1.54) is 0 Å². The van der Waals surface area contributed by atoms with Gasteiger partial charge in [-0.1, -0.05) is 30.3 Å². The Balaban J connectivity index is 1.93. The number of nitrogens with zero attached hydrogens (tertiary/aromatic N) is 3. The molecule has 0 aliphatic carbocycles. The van der Waals surface area contributed by atoms with Gasteiger partial charge in [0.25, 0.3) is 5.56 Å². The molecular formula is C19H13N3O. The van der Waals surface area contributed by atoms with Crippen LogP contribution < -0.4 is 5.56 Å². The van der Waals surface area contributed by atoms with Crippen LogP contribution in [0.5, 0.6) is 0 Å². The molecule has 1 aromatic heterocycles.